The highest BCUT2D eigenvalue weighted by atomic mass is 32.1. The Morgan fingerprint density at radius 1 is 0.846 bits per heavy atom. The molecule has 0 fully saturated rings. The van der Waals surface area contributed by atoms with Gasteiger partial charge in [0.15, 0.2) is 0 Å². The summed E-state index contributed by atoms with van der Waals surface area (Å²) in [6.07, 6.45) is 2.92. The largest absolute Gasteiger partial charge is 0.192 e. The van der Waals surface area contributed by atoms with Crippen LogP contribution in [0.15, 0.2) is 84.9 Å². The van der Waals surface area contributed by atoms with Crippen molar-refractivity contribution in [2.75, 3.05) is 0 Å². The van der Waals surface area contributed by atoms with Crippen molar-refractivity contribution < 1.29 is 0 Å². The first-order valence-corrected chi connectivity index (χ1v) is 9.37. The second kappa shape index (κ2) is 7.39. The molecule has 0 aliphatic rings. The predicted octanol–water partition coefficient (Wildman–Crippen LogP) is 6.56. The number of thiophene rings is 1. The fourth-order valence-electron chi connectivity index (χ4n) is 3.04. The molecule has 124 valence electrons. The molecule has 4 aromatic rings. The lowest BCUT2D eigenvalue weighted by molar-refractivity contribution is 1.24. The maximum absolute atomic E-state index is 9.64. The van der Waals surface area contributed by atoms with Crippen molar-refractivity contribution in [3.8, 4) is 6.07 Å². The summed E-state index contributed by atoms with van der Waals surface area (Å²) >= 11 is 1.74. The van der Waals surface area contributed by atoms with E-state index in [1.54, 1.807) is 11.3 Å². The zero-order valence-corrected chi connectivity index (χ0v) is 15.0. The first-order chi connectivity index (χ1) is 12.8. The Bertz CT molecular complexity index is 1110. The van der Waals surface area contributed by atoms with Gasteiger partial charge in [0.25, 0.3) is 0 Å². The van der Waals surface area contributed by atoms with E-state index in [-0.39, 0.29) is 0 Å². The van der Waals surface area contributed by atoms with Crippen molar-refractivity contribution in [3.05, 3.63) is 106 Å². The van der Waals surface area contributed by atoms with E-state index in [4.69, 9.17) is 0 Å². The second-order valence-electron chi connectivity index (χ2n) is 6.20. The average molecular weight is 351 g/mol. The van der Waals surface area contributed by atoms with Gasteiger partial charge in [0.1, 0.15) is 0 Å². The van der Waals surface area contributed by atoms with Crippen molar-refractivity contribution in [1.29, 1.82) is 5.26 Å². The van der Waals surface area contributed by atoms with Crippen molar-refractivity contribution >= 4 is 33.8 Å². The van der Waals surface area contributed by atoms with Crippen LogP contribution < -0.4 is 0 Å². The number of nitrogens with zero attached hydrogens (tertiary/aromatic N) is 1. The summed E-state index contributed by atoms with van der Waals surface area (Å²) in [5, 5.41) is 12.0. The quantitative estimate of drug-likeness (QED) is 0.382. The number of nitriles is 1. The van der Waals surface area contributed by atoms with E-state index in [1.807, 2.05) is 30.3 Å². The number of hydrogen-bond acceptors (Lipinski definition) is 2. The third-order valence-corrected chi connectivity index (χ3v) is 5.40. The SMILES string of the molecule is N#C/C(=C\c1ccc(Cc2ccccc2)s1)c1ccc2ccccc2c1. The molecule has 0 spiro atoms. The van der Waals surface area contributed by atoms with Crippen LogP contribution in [0, 0.1) is 11.3 Å². The molecule has 0 radical (unpaired) electrons. The molecule has 0 aliphatic carbocycles. The molecule has 0 unspecified atom stereocenters. The number of fused-ring (bicyclic) bond motifs is 1. The zero-order valence-electron chi connectivity index (χ0n) is 14.2. The Hall–Kier alpha value is -3.15. The highest BCUT2D eigenvalue weighted by Crippen LogP contribution is 2.26. The van der Waals surface area contributed by atoms with E-state index < -0.39 is 0 Å². The van der Waals surface area contributed by atoms with E-state index in [0.717, 1.165) is 22.2 Å². The average Bonchev–Trinajstić information content (AvgIpc) is 3.13. The third-order valence-electron chi connectivity index (χ3n) is 4.37. The van der Waals surface area contributed by atoms with Crippen LogP contribution in [0.3, 0.4) is 0 Å². The molecule has 3 aromatic carbocycles. The fourth-order valence-corrected chi connectivity index (χ4v) is 4.03. The smallest absolute Gasteiger partial charge is 0.0998 e. The normalized spacial score (nSPS) is 11.4. The Balaban J connectivity index is 1.62. The number of benzene rings is 3. The molecule has 0 saturated heterocycles. The van der Waals surface area contributed by atoms with Crippen LogP contribution in [0.25, 0.3) is 22.4 Å². The van der Waals surface area contributed by atoms with E-state index >= 15 is 0 Å². The number of allylic oxidation sites excluding steroid dienone is 1. The van der Waals surface area contributed by atoms with Crippen molar-refractivity contribution in [1.82, 2.24) is 0 Å². The van der Waals surface area contributed by atoms with Crippen LogP contribution in [0.2, 0.25) is 0 Å². The Labute approximate surface area is 157 Å². The molecule has 1 aromatic heterocycles. The first kappa shape index (κ1) is 16.3. The minimum atomic E-state index is 0.698. The van der Waals surface area contributed by atoms with Crippen LogP contribution >= 0.6 is 11.3 Å². The molecule has 0 atom stereocenters. The minimum absolute atomic E-state index is 0.698. The predicted molar refractivity (Wildman–Crippen MR) is 111 cm³/mol. The summed E-state index contributed by atoms with van der Waals surface area (Å²) in [5.41, 5.74) is 2.97. The van der Waals surface area contributed by atoms with Gasteiger partial charge in [0.05, 0.1) is 11.6 Å². The lowest BCUT2D eigenvalue weighted by Crippen LogP contribution is -1.82. The van der Waals surface area contributed by atoms with Crippen LogP contribution in [-0.2, 0) is 6.42 Å². The maximum atomic E-state index is 9.64. The van der Waals surface area contributed by atoms with Crippen LogP contribution in [0.1, 0.15) is 20.9 Å². The van der Waals surface area contributed by atoms with E-state index in [0.29, 0.717) is 5.57 Å². The number of rotatable bonds is 4. The monoisotopic (exact) mass is 351 g/mol. The summed E-state index contributed by atoms with van der Waals surface area (Å²) in [6, 6.07) is 31.5. The van der Waals surface area contributed by atoms with Crippen molar-refractivity contribution in [3.63, 3.8) is 0 Å². The van der Waals surface area contributed by atoms with Gasteiger partial charge in [-0.1, -0.05) is 66.7 Å². The fraction of sp³-hybridized carbons (Fsp3) is 0.0417. The van der Waals surface area contributed by atoms with Crippen LogP contribution in [0.4, 0.5) is 0 Å². The Morgan fingerprint density at radius 3 is 2.42 bits per heavy atom. The molecule has 1 heterocycles. The molecule has 0 bridgehead atoms. The molecule has 1 nitrogen and oxygen atoms in total. The lowest BCUT2D eigenvalue weighted by Gasteiger charge is -2.02. The molecule has 0 saturated carbocycles. The molecule has 2 heteroatoms. The Kier molecular flexibility index (Phi) is 4.64. The third kappa shape index (κ3) is 3.59. The lowest BCUT2D eigenvalue weighted by atomic mass is 10.0. The standard InChI is InChI=1S/C24H17NS/c25-17-22(21-11-10-19-8-4-5-9-20(19)15-21)16-24-13-12-23(26-24)14-18-6-2-1-3-7-18/h1-13,15-16H,14H2/b22-16+. The number of hydrogen-bond donors (Lipinski definition) is 0. The second-order valence-corrected chi connectivity index (χ2v) is 7.40. The van der Waals surface area contributed by atoms with Gasteiger partial charge in [-0.15, -0.1) is 11.3 Å². The van der Waals surface area contributed by atoms with E-state index in [2.05, 4.69) is 66.7 Å². The van der Waals surface area contributed by atoms with Gasteiger partial charge in [0, 0.05) is 16.2 Å². The van der Waals surface area contributed by atoms with Crippen molar-refractivity contribution in [2.45, 2.75) is 6.42 Å². The Morgan fingerprint density at radius 2 is 1.62 bits per heavy atom. The summed E-state index contributed by atoms with van der Waals surface area (Å²) in [6.45, 7) is 0. The van der Waals surface area contributed by atoms with Gasteiger partial charge in [-0.2, -0.15) is 5.26 Å². The maximum Gasteiger partial charge on any atom is 0.0998 e. The summed E-state index contributed by atoms with van der Waals surface area (Å²) in [7, 11) is 0. The van der Waals surface area contributed by atoms with Crippen molar-refractivity contribution in [2.24, 2.45) is 0 Å². The van der Waals surface area contributed by atoms with Gasteiger partial charge >= 0.3 is 0 Å². The molecule has 0 N–H and O–H groups in total. The highest BCUT2D eigenvalue weighted by molar-refractivity contribution is 7.13. The summed E-state index contributed by atoms with van der Waals surface area (Å²) in [4.78, 5) is 2.42. The molecule has 4 rings (SSSR count). The molecule has 0 aliphatic heterocycles. The van der Waals surface area contributed by atoms with Gasteiger partial charge in [-0.25, -0.2) is 0 Å². The summed E-state index contributed by atoms with van der Waals surface area (Å²) in [5.74, 6) is 0. The van der Waals surface area contributed by atoms with Crippen LogP contribution in [-0.4, -0.2) is 0 Å². The highest BCUT2D eigenvalue weighted by Gasteiger charge is 2.05. The van der Waals surface area contributed by atoms with Gasteiger partial charge in [-0.3, -0.25) is 0 Å². The molecule has 0 amide bonds. The van der Waals surface area contributed by atoms with Crippen LogP contribution in [0.5, 0.6) is 0 Å². The molecular formula is C24H17NS. The molecular weight excluding hydrogens is 334 g/mol. The van der Waals surface area contributed by atoms with Gasteiger partial charge in [-0.05, 0) is 46.2 Å². The van der Waals surface area contributed by atoms with Gasteiger partial charge < -0.3 is 0 Å². The minimum Gasteiger partial charge on any atom is -0.192 e. The first-order valence-electron chi connectivity index (χ1n) is 8.55. The molecule has 26 heavy (non-hydrogen) atoms. The summed E-state index contributed by atoms with van der Waals surface area (Å²) < 4.78 is 0. The zero-order chi connectivity index (χ0) is 17.8. The topological polar surface area (TPSA) is 23.8 Å². The van der Waals surface area contributed by atoms with E-state index in [1.165, 1.54) is 15.8 Å². The van der Waals surface area contributed by atoms with E-state index in [9.17, 15) is 5.26 Å². The van der Waals surface area contributed by atoms with Gasteiger partial charge in [0.2, 0.25) is 0 Å².